The third kappa shape index (κ3) is 5.28. The topological polar surface area (TPSA) is 75.7 Å². The molecule has 1 heterocycles. The number of likely N-dealkylation sites (tertiary alicyclic amines) is 1. The van der Waals surface area contributed by atoms with Gasteiger partial charge in [-0.1, -0.05) is 53.5 Å². The van der Waals surface area contributed by atoms with Crippen molar-refractivity contribution in [3.8, 4) is 0 Å². The Morgan fingerprint density at radius 3 is 2.59 bits per heavy atom. The summed E-state index contributed by atoms with van der Waals surface area (Å²) < 4.78 is 5.11. The lowest BCUT2D eigenvalue weighted by atomic mass is 10.1. The zero-order valence-corrected chi connectivity index (χ0v) is 17.2. The molecular weight excluding hydrogens is 415 g/mol. The van der Waals surface area contributed by atoms with Gasteiger partial charge in [0.1, 0.15) is 0 Å². The number of nitrogens with zero attached hydrogens (tertiary/aromatic N) is 1. The molecule has 152 valence electrons. The maximum atomic E-state index is 12.4. The molecule has 0 spiro atoms. The van der Waals surface area contributed by atoms with E-state index in [-0.39, 0.29) is 24.9 Å². The Morgan fingerprint density at radius 1 is 1.17 bits per heavy atom. The molecule has 1 aliphatic heterocycles. The molecule has 1 aliphatic rings. The highest BCUT2D eigenvalue weighted by Crippen LogP contribution is 2.29. The number of benzene rings is 2. The van der Waals surface area contributed by atoms with Crippen LogP contribution in [0.3, 0.4) is 0 Å². The number of rotatable bonds is 6. The Morgan fingerprint density at radius 2 is 1.90 bits per heavy atom. The van der Waals surface area contributed by atoms with E-state index in [0.717, 1.165) is 5.56 Å². The van der Waals surface area contributed by atoms with Crippen LogP contribution < -0.4 is 5.32 Å². The molecule has 0 bridgehead atoms. The molecule has 2 aromatic carbocycles. The average Bonchev–Trinajstić information content (AvgIpc) is 3.11. The van der Waals surface area contributed by atoms with E-state index in [1.807, 2.05) is 37.3 Å². The summed E-state index contributed by atoms with van der Waals surface area (Å²) in [6.45, 7) is 1.74. The zero-order chi connectivity index (χ0) is 21.0. The molecule has 0 unspecified atom stereocenters. The third-order valence-electron chi connectivity index (χ3n) is 4.79. The van der Waals surface area contributed by atoms with Crippen LogP contribution in [0, 0.1) is 5.92 Å². The summed E-state index contributed by atoms with van der Waals surface area (Å²) in [7, 11) is 0. The molecule has 1 saturated heterocycles. The van der Waals surface area contributed by atoms with Crippen molar-refractivity contribution < 1.29 is 19.1 Å². The quantitative estimate of drug-likeness (QED) is 0.694. The summed E-state index contributed by atoms with van der Waals surface area (Å²) in [6, 6.07) is 14.1. The highest BCUT2D eigenvalue weighted by atomic mass is 35.5. The molecule has 6 nitrogen and oxygen atoms in total. The van der Waals surface area contributed by atoms with Gasteiger partial charge in [0, 0.05) is 18.7 Å². The van der Waals surface area contributed by atoms with E-state index in [1.54, 1.807) is 17.0 Å². The van der Waals surface area contributed by atoms with Crippen LogP contribution in [0.4, 0.5) is 5.69 Å². The molecule has 8 heteroatoms. The molecule has 0 radical (unpaired) electrons. The van der Waals surface area contributed by atoms with Crippen LogP contribution in [0.25, 0.3) is 0 Å². The Hall–Kier alpha value is -2.57. The molecule has 2 aromatic rings. The second kappa shape index (κ2) is 9.29. The molecule has 0 saturated carbocycles. The van der Waals surface area contributed by atoms with Crippen molar-refractivity contribution in [1.82, 2.24) is 4.90 Å². The second-order valence-electron chi connectivity index (χ2n) is 6.82. The number of hydrogen-bond donors (Lipinski definition) is 1. The van der Waals surface area contributed by atoms with E-state index in [1.165, 1.54) is 6.07 Å². The van der Waals surface area contributed by atoms with Crippen molar-refractivity contribution in [2.45, 2.75) is 19.4 Å². The molecule has 2 amide bonds. The van der Waals surface area contributed by atoms with Gasteiger partial charge in [0.05, 0.1) is 22.0 Å². The SMILES string of the molecule is C[C@H](c1ccccc1)N1C[C@H](C(=O)OCC(=O)Nc2ccc(Cl)c(Cl)c2)CC1=O. The van der Waals surface area contributed by atoms with Crippen molar-refractivity contribution in [1.29, 1.82) is 0 Å². The van der Waals surface area contributed by atoms with Gasteiger partial charge in [0.2, 0.25) is 5.91 Å². The number of hydrogen-bond acceptors (Lipinski definition) is 4. The number of ether oxygens (including phenoxy) is 1. The van der Waals surface area contributed by atoms with Gasteiger partial charge in [-0.15, -0.1) is 0 Å². The van der Waals surface area contributed by atoms with Crippen molar-refractivity contribution >= 4 is 46.7 Å². The van der Waals surface area contributed by atoms with Crippen LogP contribution in [-0.2, 0) is 19.1 Å². The maximum absolute atomic E-state index is 12.4. The molecule has 29 heavy (non-hydrogen) atoms. The number of nitrogens with one attached hydrogen (secondary N) is 1. The lowest BCUT2D eigenvalue weighted by Crippen LogP contribution is -2.30. The number of amides is 2. The predicted octanol–water partition coefficient (Wildman–Crippen LogP) is 4.08. The largest absolute Gasteiger partial charge is 0.455 e. The van der Waals surface area contributed by atoms with E-state index in [9.17, 15) is 14.4 Å². The van der Waals surface area contributed by atoms with E-state index >= 15 is 0 Å². The molecule has 3 rings (SSSR count). The van der Waals surface area contributed by atoms with Crippen LogP contribution in [0.1, 0.15) is 24.9 Å². The summed E-state index contributed by atoms with van der Waals surface area (Å²) in [5, 5.41) is 3.25. The standard InChI is InChI=1S/C21H20Cl2N2O4/c1-13(14-5-3-2-4-6-14)25-11-15(9-20(25)27)21(28)29-12-19(26)24-16-7-8-17(22)18(23)10-16/h2-8,10,13,15H,9,11-12H2,1H3,(H,24,26)/t13-,15-/m1/s1. The summed E-state index contributed by atoms with van der Waals surface area (Å²) in [5.74, 6) is -1.77. The fourth-order valence-electron chi connectivity index (χ4n) is 3.20. The highest BCUT2D eigenvalue weighted by Gasteiger charge is 2.38. The average molecular weight is 435 g/mol. The van der Waals surface area contributed by atoms with Crippen LogP contribution >= 0.6 is 23.2 Å². The van der Waals surface area contributed by atoms with Gasteiger partial charge in [-0.05, 0) is 30.7 Å². The van der Waals surface area contributed by atoms with Crippen LogP contribution in [0.2, 0.25) is 10.0 Å². The van der Waals surface area contributed by atoms with Gasteiger partial charge in [0.15, 0.2) is 6.61 Å². The Bertz CT molecular complexity index is 920. The number of carbonyl (C=O) groups is 3. The molecule has 2 atom stereocenters. The van der Waals surface area contributed by atoms with Crippen molar-refractivity contribution in [2.24, 2.45) is 5.92 Å². The van der Waals surface area contributed by atoms with Gasteiger partial charge in [0.25, 0.3) is 5.91 Å². The Kier molecular flexibility index (Phi) is 6.77. The van der Waals surface area contributed by atoms with E-state index in [0.29, 0.717) is 15.7 Å². The summed E-state index contributed by atoms with van der Waals surface area (Å²) in [6.07, 6.45) is 0.0738. The van der Waals surface area contributed by atoms with Gasteiger partial charge in [-0.2, -0.15) is 0 Å². The molecule has 1 fully saturated rings. The van der Waals surface area contributed by atoms with Crippen LogP contribution in [-0.4, -0.2) is 35.8 Å². The van der Waals surface area contributed by atoms with Gasteiger partial charge >= 0.3 is 5.97 Å². The van der Waals surface area contributed by atoms with E-state index < -0.39 is 24.4 Å². The molecule has 1 N–H and O–H groups in total. The Balaban J connectivity index is 1.51. The zero-order valence-electron chi connectivity index (χ0n) is 15.7. The van der Waals surface area contributed by atoms with Crippen LogP contribution in [0.5, 0.6) is 0 Å². The first-order valence-electron chi connectivity index (χ1n) is 9.11. The summed E-state index contributed by atoms with van der Waals surface area (Å²) >= 11 is 11.7. The first kappa shape index (κ1) is 21.1. The smallest absolute Gasteiger partial charge is 0.311 e. The number of carbonyl (C=O) groups excluding carboxylic acids is 3. The maximum Gasteiger partial charge on any atom is 0.311 e. The molecule has 0 aromatic heterocycles. The number of esters is 1. The normalized spacial score (nSPS) is 17.1. The van der Waals surface area contributed by atoms with Crippen LogP contribution in [0.15, 0.2) is 48.5 Å². The second-order valence-corrected chi connectivity index (χ2v) is 7.63. The Labute approximate surface area is 178 Å². The summed E-state index contributed by atoms with van der Waals surface area (Å²) in [4.78, 5) is 38.4. The predicted molar refractivity (Wildman–Crippen MR) is 111 cm³/mol. The lowest BCUT2D eigenvalue weighted by Gasteiger charge is -2.25. The third-order valence-corrected chi connectivity index (χ3v) is 5.53. The fraction of sp³-hybridized carbons (Fsp3) is 0.286. The minimum Gasteiger partial charge on any atom is -0.455 e. The van der Waals surface area contributed by atoms with Gasteiger partial charge in [-0.25, -0.2) is 0 Å². The van der Waals surface area contributed by atoms with Crippen molar-refractivity contribution in [2.75, 3.05) is 18.5 Å². The van der Waals surface area contributed by atoms with Crippen molar-refractivity contribution in [3.05, 3.63) is 64.1 Å². The van der Waals surface area contributed by atoms with Gasteiger partial charge in [-0.3, -0.25) is 14.4 Å². The molecular formula is C21H20Cl2N2O4. The minimum absolute atomic E-state index is 0.0738. The first-order chi connectivity index (χ1) is 13.8. The van der Waals surface area contributed by atoms with Crippen molar-refractivity contribution in [3.63, 3.8) is 0 Å². The van der Waals surface area contributed by atoms with E-state index in [4.69, 9.17) is 27.9 Å². The monoisotopic (exact) mass is 434 g/mol. The highest BCUT2D eigenvalue weighted by molar-refractivity contribution is 6.42. The van der Waals surface area contributed by atoms with Gasteiger partial charge < -0.3 is 15.0 Å². The fourth-order valence-corrected chi connectivity index (χ4v) is 3.50. The summed E-state index contributed by atoms with van der Waals surface area (Å²) in [5.41, 5.74) is 1.44. The first-order valence-corrected chi connectivity index (χ1v) is 9.86. The van der Waals surface area contributed by atoms with E-state index in [2.05, 4.69) is 5.32 Å². The number of anilines is 1. The minimum atomic E-state index is -0.591. The lowest BCUT2D eigenvalue weighted by molar-refractivity contribution is -0.151. The number of halogens is 2. The molecule has 0 aliphatic carbocycles.